The number of aliphatic hydroxyl groups is 1. The molecule has 0 bridgehead atoms. The molecule has 1 aliphatic rings. The number of aryl methyl sites for hydroxylation is 1. The molecular formula is C24H33N7O2S. The summed E-state index contributed by atoms with van der Waals surface area (Å²) in [6.07, 6.45) is 4.64. The fourth-order valence-electron chi connectivity index (χ4n) is 4.25. The fraction of sp³-hybridized carbons (Fsp3) is 0.458. The van der Waals surface area contributed by atoms with E-state index in [-0.39, 0.29) is 18.2 Å². The van der Waals surface area contributed by atoms with Crippen LogP contribution in [0.15, 0.2) is 18.5 Å². The first kappa shape index (κ1) is 24.3. The molecule has 2 aromatic heterocycles. The van der Waals surface area contributed by atoms with E-state index in [4.69, 9.17) is 15.9 Å². The smallest absolute Gasteiger partial charge is 0.160 e. The Balaban J connectivity index is 1.65. The van der Waals surface area contributed by atoms with E-state index in [1.54, 1.807) is 23.7 Å². The highest BCUT2D eigenvalue weighted by Crippen LogP contribution is 2.40. The highest BCUT2D eigenvalue weighted by molar-refractivity contribution is 7.19. The Morgan fingerprint density at radius 3 is 2.76 bits per heavy atom. The van der Waals surface area contributed by atoms with Crippen LogP contribution in [0.4, 0.5) is 17.2 Å². The van der Waals surface area contributed by atoms with Gasteiger partial charge in [0.15, 0.2) is 6.35 Å². The third-order valence-electron chi connectivity index (χ3n) is 5.69. The molecule has 0 radical (unpaired) electrons. The molecule has 34 heavy (non-hydrogen) atoms. The van der Waals surface area contributed by atoms with Crippen molar-refractivity contribution < 1.29 is 9.84 Å². The largest absolute Gasteiger partial charge is 0.489 e. The second kappa shape index (κ2) is 10.2. The molecule has 0 spiro atoms. The van der Waals surface area contributed by atoms with Crippen molar-refractivity contribution in [3.63, 3.8) is 0 Å². The number of fused-ring (bicyclic) bond motifs is 3. The first-order valence-corrected chi connectivity index (χ1v) is 12.4. The number of benzene rings is 1. The number of nitrogen functional groups attached to an aromatic ring is 1. The predicted octanol–water partition coefficient (Wildman–Crippen LogP) is 3.52. The summed E-state index contributed by atoms with van der Waals surface area (Å²) in [5, 5.41) is 28.7. The molecule has 0 saturated heterocycles. The number of thiophene rings is 1. The maximum absolute atomic E-state index is 10.2. The van der Waals surface area contributed by atoms with Crippen molar-refractivity contribution in [2.24, 2.45) is 0 Å². The molecule has 2 atom stereocenters. The van der Waals surface area contributed by atoms with Gasteiger partial charge in [-0.1, -0.05) is 0 Å². The molecule has 3 aromatic rings. The number of nitrogens with zero attached hydrogens (tertiary/aromatic N) is 2. The quantitative estimate of drug-likeness (QED) is 0.154. The van der Waals surface area contributed by atoms with Crippen LogP contribution in [0, 0.1) is 5.41 Å². The van der Waals surface area contributed by atoms with Gasteiger partial charge in [-0.25, -0.2) is 9.97 Å². The lowest BCUT2D eigenvalue weighted by atomic mass is 9.93. The molecule has 9 nitrogen and oxygen atoms in total. The summed E-state index contributed by atoms with van der Waals surface area (Å²) < 4.78 is 5.99. The number of nitrogens with two attached hydrogens (primary N) is 1. The highest BCUT2D eigenvalue weighted by atomic mass is 32.1. The van der Waals surface area contributed by atoms with Crippen molar-refractivity contribution in [1.29, 1.82) is 5.41 Å². The van der Waals surface area contributed by atoms with Gasteiger partial charge in [0.25, 0.3) is 0 Å². The van der Waals surface area contributed by atoms with Crippen LogP contribution in [-0.4, -0.2) is 45.8 Å². The molecule has 0 fully saturated rings. The number of hydrogen-bond donors (Lipinski definition) is 6. The Labute approximate surface area is 203 Å². The number of aliphatic hydroxyl groups excluding tert-OH is 1. The van der Waals surface area contributed by atoms with Crippen LogP contribution < -0.4 is 26.4 Å². The van der Waals surface area contributed by atoms with E-state index in [0.29, 0.717) is 28.5 Å². The number of nitrogens with one attached hydrogen (secondary N) is 4. The predicted molar refractivity (Wildman–Crippen MR) is 138 cm³/mol. The van der Waals surface area contributed by atoms with E-state index in [2.05, 4.69) is 25.9 Å². The molecule has 2 heterocycles. The molecule has 0 amide bonds. The number of aromatic nitrogens is 2. The third-order valence-corrected chi connectivity index (χ3v) is 6.85. The van der Waals surface area contributed by atoms with Gasteiger partial charge in [-0.2, -0.15) is 0 Å². The van der Waals surface area contributed by atoms with Crippen LogP contribution in [0.3, 0.4) is 0 Å². The molecule has 1 aromatic carbocycles. The molecule has 182 valence electrons. The first-order chi connectivity index (χ1) is 16.2. The molecule has 0 aliphatic heterocycles. The fourth-order valence-corrected chi connectivity index (χ4v) is 5.52. The Morgan fingerprint density at radius 1 is 1.26 bits per heavy atom. The summed E-state index contributed by atoms with van der Waals surface area (Å²) in [5.41, 5.74) is 9.16. The van der Waals surface area contributed by atoms with Gasteiger partial charge in [0.05, 0.1) is 17.2 Å². The normalized spacial score (nSPS) is 16.6. The lowest BCUT2D eigenvalue weighted by Gasteiger charge is -2.27. The van der Waals surface area contributed by atoms with E-state index >= 15 is 0 Å². The maximum atomic E-state index is 10.2. The van der Waals surface area contributed by atoms with Gasteiger partial charge in [0.1, 0.15) is 22.7 Å². The standard InChI is InChI=1S/C24H33N7O2S/c1-12(2)29-24(32)30-15-5-6-16-20(8-15)34-23-21(16)22(27-11-28-23)31-18-7-14(10-25)17(26)9-19(18)33-13(3)4/h7,9-13,15,24-25,29-30,32H,5-6,8,26H2,1-4H3,(H,27,28,31). The highest BCUT2D eigenvalue weighted by Gasteiger charge is 2.26. The van der Waals surface area contributed by atoms with Crippen LogP contribution in [0.5, 0.6) is 5.75 Å². The minimum atomic E-state index is -0.731. The van der Waals surface area contributed by atoms with Crippen LogP contribution in [0.25, 0.3) is 10.2 Å². The Morgan fingerprint density at radius 2 is 2.06 bits per heavy atom. The summed E-state index contributed by atoms with van der Waals surface area (Å²) >= 11 is 1.67. The van der Waals surface area contributed by atoms with Gasteiger partial charge in [-0.05, 0) is 58.6 Å². The molecule has 1 aliphatic carbocycles. The minimum absolute atomic E-state index is 0.0323. The monoisotopic (exact) mass is 483 g/mol. The molecule has 0 saturated carbocycles. The van der Waals surface area contributed by atoms with Crippen LogP contribution in [0.2, 0.25) is 0 Å². The SMILES string of the molecule is CC(C)NC(O)NC1CCc2c(sc3ncnc(Nc4cc(C=N)c(N)cc4OC(C)C)c23)C1. The molecule has 2 unspecified atom stereocenters. The van der Waals surface area contributed by atoms with E-state index < -0.39 is 6.35 Å². The van der Waals surface area contributed by atoms with Gasteiger partial charge in [-0.3, -0.25) is 10.6 Å². The van der Waals surface area contributed by atoms with Crippen molar-refractivity contribution in [3.05, 3.63) is 34.5 Å². The zero-order chi connectivity index (χ0) is 24.4. The number of ether oxygens (including phenoxy) is 1. The van der Waals surface area contributed by atoms with Crippen molar-refractivity contribution >= 4 is 45.0 Å². The summed E-state index contributed by atoms with van der Waals surface area (Å²) in [6, 6.07) is 3.94. The average Bonchev–Trinajstić information content (AvgIpc) is 3.13. The van der Waals surface area contributed by atoms with Crippen molar-refractivity contribution in [1.82, 2.24) is 20.6 Å². The zero-order valence-electron chi connectivity index (χ0n) is 20.0. The van der Waals surface area contributed by atoms with E-state index in [1.807, 2.05) is 33.8 Å². The molecule has 4 rings (SSSR count). The van der Waals surface area contributed by atoms with Crippen molar-refractivity contribution in [2.75, 3.05) is 11.1 Å². The lowest BCUT2D eigenvalue weighted by molar-refractivity contribution is 0.0775. The van der Waals surface area contributed by atoms with Crippen molar-refractivity contribution in [2.45, 2.75) is 71.5 Å². The van der Waals surface area contributed by atoms with Gasteiger partial charge in [0.2, 0.25) is 0 Å². The van der Waals surface area contributed by atoms with Crippen molar-refractivity contribution in [3.8, 4) is 5.75 Å². The second-order valence-corrected chi connectivity index (χ2v) is 10.2. The van der Waals surface area contributed by atoms with E-state index in [1.165, 1.54) is 16.7 Å². The van der Waals surface area contributed by atoms with E-state index in [9.17, 15) is 5.11 Å². The van der Waals surface area contributed by atoms with Gasteiger partial charge in [0, 0.05) is 40.5 Å². The topological polar surface area (TPSA) is 141 Å². The Hall–Kier alpha value is -2.79. The van der Waals surface area contributed by atoms with Gasteiger partial charge < -0.3 is 26.3 Å². The third kappa shape index (κ3) is 5.30. The van der Waals surface area contributed by atoms with Crippen LogP contribution in [-0.2, 0) is 12.8 Å². The molecule has 10 heteroatoms. The first-order valence-electron chi connectivity index (χ1n) is 11.6. The summed E-state index contributed by atoms with van der Waals surface area (Å²) in [5.74, 6) is 1.33. The number of hydrogen-bond acceptors (Lipinski definition) is 10. The second-order valence-electron chi connectivity index (χ2n) is 9.15. The summed E-state index contributed by atoms with van der Waals surface area (Å²) in [6.45, 7) is 7.93. The maximum Gasteiger partial charge on any atom is 0.160 e. The van der Waals surface area contributed by atoms with Crippen LogP contribution in [0.1, 0.15) is 50.1 Å². The molecular weight excluding hydrogens is 450 g/mol. The van der Waals surface area contributed by atoms with Gasteiger partial charge >= 0.3 is 0 Å². The average molecular weight is 484 g/mol. The molecule has 7 N–H and O–H groups in total. The Kier molecular flexibility index (Phi) is 7.32. The number of anilines is 3. The number of rotatable bonds is 9. The zero-order valence-corrected chi connectivity index (χ0v) is 20.8. The van der Waals surface area contributed by atoms with Gasteiger partial charge in [-0.15, -0.1) is 11.3 Å². The van der Waals surface area contributed by atoms with Crippen LogP contribution >= 0.6 is 11.3 Å². The van der Waals surface area contributed by atoms with E-state index in [0.717, 1.165) is 29.5 Å². The lowest BCUT2D eigenvalue weighted by Crippen LogP contribution is -2.50. The summed E-state index contributed by atoms with van der Waals surface area (Å²) in [7, 11) is 0. The minimum Gasteiger partial charge on any atom is -0.489 e. The Bertz CT molecular complexity index is 1180. The summed E-state index contributed by atoms with van der Waals surface area (Å²) in [4.78, 5) is 11.3.